The Morgan fingerprint density at radius 3 is 3.00 bits per heavy atom. The van der Waals surface area contributed by atoms with Gasteiger partial charge in [-0.1, -0.05) is 12.5 Å². The number of piperidine rings is 1. The van der Waals surface area contributed by atoms with E-state index in [1.54, 1.807) is 6.07 Å². The number of rotatable bonds is 2. The second-order valence-electron chi connectivity index (χ2n) is 4.26. The molecule has 0 aromatic carbocycles. The van der Waals surface area contributed by atoms with Crippen LogP contribution in [0, 0.1) is 6.92 Å². The molecule has 0 amide bonds. The average Bonchev–Trinajstić information content (AvgIpc) is 2.25. The summed E-state index contributed by atoms with van der Waals surface area (Å²) in [6.45, 7) is 3.89. The number of aryl methyl sites for hydroxylation is 1. The lowest BCUT2D eigenvalue weighted by atomic mass is 10.0. The van der Waals surface area contributed by atoms with Gasteiger partial charge in [-0.25, -0.2) is 0 Å². The Hall–Kier alpha value is -1.09. The van der Waals surface area contributed by atoms with E-state index < -0.39 is 0 Å². The number of hydrogen-bond donors (Lipinski definition) is 1. The van der Waals surface area contributed by atoms with Gasteiger partial charge in [-0.05, 0) is 32.4 Å². The summed E-state index contributed by atoms with van der Waals surface area (Å²) in [5.41, 5.74) is 1.16. The molecule has 1 aromatic rings. The summed E-state index contributed by atoms with van der Waals surface area (Å²) in [6.07, 6.45) is 3.72. The van der Waals surface area contributed by atoms with Crippen LogP contribution in [0.5, 0.6) is 0 Å². The van der Waals surface area contributed by atoms with Crippen LogP contribution in [0.2, 0.25) is 0 Å². The third-order valence-electron chi connectivity index (χ3n) is 3.08. The maximum Gasteiger partial charge on any atom is 0.250 e. The van der Waals surface area contributed by atoms with Crippen LogP contribution in [0.4, 0.5) is 0 Å². The Labute approximate surface area is 90.1 Å². The standard InChI is InChI=1S/C12H18N2O/c1-10-5-4-7-12(15)14(10)9-11-6-2-3-8-13-11/h4-5,7,11,13H,2-3,6,8-9H2,1H3. The monoisotopic (exact) mass is 206 g/mol. The minimum Gasteiger partial charge on any atom is -0.312 e. The third kappa shape index (κ3) is 2.48. The maximum absolute atomic E-state index is 11.6. The predicted molar refractivity (Wildman–Crippen MR) is 61.1 cm³/mol. The van der Waals surface area contributed by atoms with Crippen LogP contribution in [0.15, 0.2) is 23.0 Å². The molecule has 0 saturated carbocycles. The predicted octanol–water partition coefficient (Wildman–Crippen LogP) is 1.30. The second kappa shape index (κ2) is 4.62. The topological polar surface area (TPSA) is 34.0 Å². The van der Waals surface area contributed by atoms with E-state index in [1.807, 2.05) is 23.6 Å². The van der Waals surface area contributed by atoms with Gasteiger partial charge in [-0.3, -0.25) is 4.79 Å². The van der Waals surface area contributed by atoms with Gasteiger partial charge in [0, 0.05) is 24.3 Å². The molecule has 0 radical (unpaired) electrons. The zero-order valence-corrected chi connectivity index (χ0v) is 9.20. The van der Waals surface area contributed by atoms with Crippen LogP contribution in [0.1, 0.15) is 25.0 Å². The molecule has 3 nitrogen and oxygen atoms in total. The Morgan fingerprint density at radius 2 is 2.33 bits per heavy atom. The van der Waals surface area contributed by atoms with Crippen LogP contribution >= 0.6 is 0 Å². The van der Waals surface area contributed by atoms with Gasteiger partial charge in [-0.2, -0.15) is 0 Å². The van der Waals surface area contributed by atoms with E-state index in [4.69, 9.17) is 0 Å². The van der Waals surface area contributed by atoms with Gasteiger partial charge >= 0.3 is 0 Å². The molecule has 2 rings (SSSR count). The van der Waals surface area contributed by atoms with E-state index >= 15 is 0 Å². The highest BCUT2D eigenvalue weighted by molar-refractivity contribution is 5.04. The molecule has 1 saturated heterocycles. The normalized spacial score (nSPS) is 21.5. The van der Waals surface area contributed by atoms with Crippen molar-refractivity contribution in [3.63, 3.8) is 0 Å². The number of hydrogen-bond acceptors (Lipinski definition) is 2. The van der Waals surface area contributed by atoms with E-state index in [2.05, 4.69) is 5.32 Å². The van der Waals surface area contributed by atoms with Crippen LogP contribution in [-0.2, 0) is 6.54 Å². The molecule has 1 aliphatic heterocycles. The molecular weight excluding hydrogens is 188 g/mol. The molecule has 15 heavy (non-hydrogen) atoms. The zero-order valence-electron chi connectivity index (χ0n) is 9.20. The molecule has 1 atom stereocenters. The minimum absolute atomic E-state index is 0.113. The van der Waals surface area contributed by atoms with Gasteiger partial charge in [-0.15, -0.1) is 0 Å². The number of aromatic nitrogens is 1. The van der Waals surface area contributed by atoms with Crippen molar-refractivity contribution in [1.29, 1.82) is 0 Å². The van der Waals surface area contributed by atoms with Crippen molar-refractivity contribution in [1.82, 2.24) is 9.88 Å². The maximum atomic E-state index is 11.6. The highest BCUT2D eigenvalue weighted by Crippen LogP contribution is 2.09. The number of nitrogens with one attached hydrogen (secondary N) is 1. The lowest BCUT2D eigenvalue weighted by Crippen LogP contribution is -2.40. The van der Waals surface area contributed by atoms with Crippen molar-refractivity contribution in [2.24, 2.45) is 0 Å². The Kier molecular flexibility index (Phi) is 3.21. The van der Waals surface area contributed by atoms with Crippen LogP contribution < -0.4 is 10.9 Å². The van der Waals surface area contributed by atoms with Crippen molar-refractivity contribution in [3.05, 3.63) is 34.2 Å². The zero-order chi connectivity index (χ0) is 10.7. The molecule has 0 bridgehead atoms. The van der Waals surface area contributed by atoms with E-state index in [-0.39, 0.29) is 5.56 Å². The molecule has 1 aliphatic rings. The molecule has 0 spiro atoms. The van der Waals surface area contributed by atoms with Gasteiger partial charge in [0.2, 0.25) is 0 Å². The molecule has 2 heterocycles. The molecule has 0 aliphatic carbocycles. The van der Waals surface area contributed by atoms with Gasteiger partial charge in [0.05, 0.1) is 0 Å². The summed E-state index contributed by atoms with van der Waals surface area (Å²) in [5.74, 6) is 0. The largest absolute Gasteiger partial charge is 0.312 e. The summed E-state index contributed by atoms with van der Waals surface area (Å²) in [7, 11) is 0. The van der Waals surface area contributed by atoms with Gasteiger partial charge < -0.3 is 9.88 Å². The molecule has 82 valence electrons. The Bertz CT molecular complexity index is 377. The number of pyridine rings is 1. The van der Waals surface area contributed by atoms with E-state index in [0.29, 0.717) is 6.04 Å². The van der Waals surface area contributed by atoms with Gasteiger partial charge in [0.1, 0.15) is 0 Å². The smallest absolute Gasteiger partial charge is 0.250 e. The summed E-state index contributed by atoms with van der Waals surface area (Å²) in [6, 6.07) is 5.92. The number of nitrogens with zero attached hydrogens (tertiary/aromatic N) is 1. The molecule has 1 aromatic heterocycles. The fraction of sp³-hybridized carbons (Fsp3) is 0.583. The van der Waals surface area contributed by atoms with Crippen molar-refractivity contribution in [2.75, 3.05) is 6.54 Å². The summed E-state index contributed by atoms with van der Waals surface area (Å²) in [5, 5.41) is 3.46. The van der Waals surface area contributed by atoms with Gasteiger partial charge in [0.15, 0.2) is 0 Å². The van der Waals surface area contributed by atoms with Crippen LogP contribution in [-0.4, -0.2) is 17.2 Å². The first-order valence-electron chi connectivity index (χ1n) is 5.67. The summed E-state index contributed by atoms with van der Waals surface area (Å²) < 4.78 is 1.86. The summed E-state index contributed by atoms with van der Waals surface area (Å²) >= 11 is 0. The average molecular weight is 206 g/mol. The van der Waals surface area contributed by atoms with Crippen molar-refractivity contribution in [2.45, 2.75) is 38.8 Å². The fourth-order valence-electron chi connectivity index (χ4n) is 2.16. The molecule has 1 unspecified atom stereocenters. The molecule has 1 fully saturated rings. The lowest BCUT2D eigenvalue weighted by Gasteiger charge is -2.24. The Balaban J connectivity index is 2.12. The highest BCUT2D eigenvalue weighted by atomic mass is 16.1. The molecule has 3 heteroatoms. The highest BCUT2D eigenvalue weighted by Gasteiger charge is 2.13. The van der Waals surface area contributed by atoms with Crippen LogP contribution in [0.25, 0.3) is 0 Å². The molecule has 1 N–H and O–H groups in total. The van der Waals surface area contributed by atoms with Crippen LogP contribution in [0.3, 0.4) is 0 Å². The van der Waals surface area contributed by atoms with Crippen molar-refractivity contribution in [3.8, 4) is 0 Å². The van der Waals surface area contributed by atoms with E-state index in [1.165, 1.54) is 19.3 Å². The van der Waals surface area contributed by atoms with Crippen molar-refractivity contribution < 1.29 is 0 Å². The second-order valence-corrected chi connectivity index (χ2v) is 4.26. The fourth-order valence-corrected chi connectivity index (χ4v) is 2.16. The Morgan fingerprint density at radius 1 is 1.47 bits per heavy atom. The van der Waals surface area contributed by atoms with E-state index in [9.17, 15) is 4.79 Å². The molecular formula is C12H18N2O. The van der Waals surface area contributed by atoms with Gasteiger partial charge in [0.25, 0.3) is 5.56 Å². The van der Waals surface area contributed by atoms with E-state index in [0.717, 1.165) is 18.8 Å². The first kappa shape index (κ1) is 10.4. The summed E-state index contributed by atoms with van der Waals surface area (Å²) in [4.78, 5) is 11.6. The lowest BCUT2D eigenvalue weighted by molar-refractivity contribution is 0.357. The minimum atomic E-state index is 0.113. The third-order valence-corrected chi connectivity index (χ3v) is 3.08. The quantitative estimate of drug-likeness (QED) is 0.791. The SMILES string of the molecule is Cc1cccc(=O)n1CC1CCCCN1. The first-order valence-corrected chi connectivity index (χ1v) is 5.67. The first-order chi connectivity index (χ1) is 7.27. The van der Waals surface area contributed by atoms with Crippen molar-refractivity contribution >= 4 is 0 Å².